The lowest BCUT2D eigenvalue weighted by Crippen LogP contribution is -2.22. The summed E-state index contributed by atoms with van der Waals surface area (Å²) in [4.78, 5) is 24.0. The minimum atomic E-state index is -4.70. The molecule has 1 fully saturated rings. The molecule has 1 aliphatic rings. The summed E-state index contributed by atoms with van der Waals surface area (Å²) in [5.74, 6) is -0.351. The second-order valence-electron chi connectivity index (χ2n) is 5.85. The van der Waals surface area contributed by atoms with E-state index in [0.29, 0.717) is 26.9 Å². The summed E-state index contributed by atoms with van der Waals surface area (Å²) in [5.41, 5.74) is -1.27. The van der Waals surface area contributed by atoms with Crippen LogP contribution in [0.3, 0.4) is 0 Å². The van der Waals surface area contributed by atoms with E-state index in [1.54, 1.807) is 25.3 Å². The number of nitro groups is 1. The van der Waals surface area contributed by atoms with Crippen LogP contribution in [0.25, 0.3) is 6.08 Å². The highest BCUT2D eigenvalue weighted by atomic mass is 32.2. The standard InChI is InChI=1S/C18H11F3N2O4S2/c1-22-16(24)15(29-17(22)28)8-10-2-5-12(6-3-10)27-14-7-4-11(18(19,20)21)9-13(14)23(25)26/h2-9H,1H3. The fourth-order valence-corrected chi connectivity index (χ4v) is 3.56. The molecule has 1 amide bonds. The molecule has 1 saturated heterocycles. The van der Waals surface area contributed by atoms with Crippen LogP contribution in [0.1, 0.15) is 11.1 Å². The monoisotopic (exact) mass is 440 g/mol. The maximum Gasteiger partial charge on any atom is 0.416 e. The summed E-state index contributed by atoms with van der Waals surface area (Å²) >= 11 is 6.22. The predicted molar refractivity (Wildman–Crippen MR) is 106 cm³/mol. The zero-order valence-corrected chi connectivity index (χ0v) is 16.2. The lowest BCUT2D eigenvalue weighted by Gasteiger charge is -2.10. The van der Waals surface area contributed by atoms with Crippen molar-refractivity contribution in [2.45, 2.75) is 6.18 Å². The molecule has 0 radical (unpaired) electrons. The van der Waals surface area contributed by atoms with Crippen LogP contribution < -0.4 is 4.74 Å². The van der Waals surface area contributed by atoms with E-state index >= 15 is 0 Å². The van der Waals surface area contributed by atoms with E-state index in [9.17, 15) is 28.1 Å². The van der Waals surface area contributed by atoms with E-state index < -0.39 is 22.4 Å². The molecule has 0 saturated carbocycles. The van der Waals surface area contributed by atoms with Gasteiger partial charge in [0.1, 0.15) is 10.1 Å². The first-order valence-corrected chi connectivity index (χ1v) is 9.14. The maximum absolute atomic E-state index is 12.8. The molecular weight excluding hydrogens is 429 g/mol. The Labute approximate surface area is 172 Å². The van der Waals surface area contributed by atoms with Gasteiger partial charge in [0, 0.05) is 13.1 Å². The van der Waals surface area contributed by atoms with Gasteiger partial charge in [-0.2, -0.15) is 13.2 Å². The van der Waals surface area contributed by atoms with Crippen LogP contribution in [0.15, 0.2) is 47.4 Å². The lowest BCUT2D eigenvalue weighted by molar-refractivity contribution is -0.385. The second kappa shape index (κ2) is 7.84. The quantitative estimate of drug-likeness (QED) is 0.280. The van der Waals surface area contributed by atoms with Crippen molar-refractivity contribution in [3.63, 3.8) is 0 Å². The van der Waals surface area contributed by atoms with Crippen LogP contribution in [-0.4, -0.2) is 27.1 Å². The number of hydrogen-bond acceptors (Lipinski definition) is 6. The average Bonchev–Trinajstić information content (AvgIpc) is 2.89. The Balaban J connectivity index is 1.82. The topological polar surface area (TPSA) is 72.7 Å². The first-order valence-electron chi connectivity index (χ1n) is 7.91. The molecule has 11 heteroatoms. The molecule has 1 aliphatic heterocycles. The molecule has 29 heavy (non-hydrogen) atoms. The number of nitro benzene ring substituents is 1. The lowest BCUT2D eigenvalue weighted by atomic mass is 10.1. The smallest absolute Gasteiger partial charge is 0.416 e. The van der Waals surface area contributed by atoms with Crippen molar-refractivity contribution in [3.8, 4) is 11.5 Å². The summed E-state index contributed by atoms with van der Waals surface area (Å²) in [6.45, 7) is 0. The third-order valence-corrected chi connectivity index (χ3v) is 5.36. The summed E-state index contributed by atoms with van der Waals surface area (Å²) in [6.07, 6.45) is -3.07. The Hall–Kier alpha value is -2.92. The number of carbonyl (C=O) groups is 1. The first kappa shape index (κ1) is 20.8. The number of thiocarbonyl (C=S) groups is 1. The molecule has 0 aromatic heterocycles. The van der Waals surface area contributed by atoms with E-state index in [4.69, 9.17) is 17.0 Å². The van der Waals surface area contributed by atoms with Crippen LogP contribution in [0, 0.1) is 10.1 Å². The van der Waals surface area contributed by atoms with E-state index in [0.717, 1.165) is 17.8 Å². The molecule has 0 unspecified atom stereocenters. The molecule has 2 aromatic rings. The van der Waals surface area contributed by atoms with Gasteiger partial charge in [0.05, 0.1) is 15.4 Å². The Kier molecular flexibility index (Phi) is 5.62. The number of benzene rings is 2. The van der Waals surface area contributed by atoms with Gasteiger partial charge < -0.3 is 4.74 Å². The van der Waals surface area contributed by atoms with Crippen LogP contribution >= 0.6 is 24.0 Å². The van der Waals surface area contributed by atoms with Crippen LogP contribution in [-0.2, 0) is 11.0 Å². The van der Waals surface area contributed by atoms with Gasteiger partial charge in [-0.15, -0.1) is 0 Å². The Bertz CT molecular complexity index is 1040. The average molecular weight is 440 g/mol. The van der Waals surface area contributed by atoms with Crippen molar-refractivity contribution in [3.05, 3.63) is 68.6 Å². The molecular formula is C18H11F3N2O4S2. The third-order valence-electron chi connectivity index (χ3n) is 3.88. The van der Waals surface area contributed by atoms with E-state index in [-0.39, 0.29) is 17.4 Å². The molecule has 0 atom stereocenters. The molecule has 0 bridgehead atoms. The van der Waals surface area contributed by atoms with Gasteiger partial charge in [0.25, 0.3) is 5.91 Å². The van der Waals surface area contributed by atoms with Crippen molar-refractivity contribution in [2.75, 3.05) is 7.05 Å². The number of carbonyl (C=O) groups excluding carboxylic acids is 1. The minimum Gasteiger partial charge on any atom is -0.450 e. The normalized spacial score (nSPS) is 15.9. The van der Waals surface area contributed by atoms with Gasteiger partial charge in [-0.25, -0.2) is 0 Å². The van der Waals surface area contributed by atoms with Gasteiger partial charge in [-0.1, -0.05) is 36.1 Å². The van der Waals surface area contributed by atoms with Crippen molar-refractivity contribution >= 4 is 46.0 Å². The van der Waals surface area contributed by atoms with Crippen molar-refractivity contribution < 1.29 is 27.6 Å². The van der Waals surface area contributed by atoms with Crippen molar-refractivity contribution in [1.29, 1.82) is 0 Å². The number of rotatable bonds is 4. The van der Waals surface area contributed by atoms with E-state index in [2.05, 4.69) is 0 Å². The van der Waals surface area contributed by atoms with Gasteiger partial charge in [-0.05, 0) is 35.9 Å². The number of likely N-dealkylation sites (N-methyl/N-ethyl adjacent to an activating group) is 1. The van der Waals surface area contributed by atoms with Gasteiger partial charge in [-0.3, -0.25) is 19.8 Å². The highest BCUT2D eigenvalue weighted by Crippen LogP contribution is 2.38. The zero-order valence-electron chi connectivity index (χ0n) is 14.6. The fraction of sp³-hybridized carbons (Fsp3) is 0.111. The number of hydrogen-bond donors (Lipinski definition) is 0. The molecule has 150 valence electrons. The molecule has 1 heterocycles. The van der Waals surface area contributed by atoms with E-state index in [1.807, 2.05) is 0 Å². The van der Waals surface area contributed by atoms with E-state index in [1.165, 1.54) is 17.0 Å². The number of amides is 1. The highest BCUT2D eigenvalue weighted by Gasteiger charge is 2.33. The number of ether oxygens (including phenoxy) is 1. The zero-order chi connectivity index (χ0) is 21.3. The van der Waals surface area contributed by atoms with Gasteiger partial charge in [0.2, 0.25) is 5.75 Å². The SMILES string of the molecule is CN1C(=O)C(=Cc2ccc(Oc3ccc(C(F)(F)F)cc3[N+](=O)[O-])cc2)SC1=S. The first-order chi connectivity index (χ1) is 13.6. The van der Waals surface area contributed by atoms with Crippen molar-refractivity contribution in [1.82, 2.24) is 4.90 Å². The Morgan fingerprint density at radius 1 is 1.21 bits per heavy atom. The number of halogens is 3. The third kappa shape index (κ3) is 4.57. The maximum atomic E-state index is 12.8. The van der Waals surface area contributed by atoms with Crippen LogP contribution in [0.2, 0.25) is 0 Å². The summed E-state index contributed by atoms with van der Waals surface area (Å²) in [5, 5.41) is 11.1. The van der Waals surface area contributed by atoms with Crippen molar-refractivity contribution in [2.24, 2.45) is 0 Å². The van der Waals surface area contributed by atoms with Crippen LogP contribution in [0.4, 0.5) is 18.9 Å². The molecule has 6 nitrogen and oxygen atoms in total. The number of alkyl halides is 3. The fourth-order valence-electron chi connectivity index (χ4n) is 2.38. The van der Waals surface area contributed by atoms with Crippen LogP contribution in [0.5, 0.6) is 11.5 Å². The molecule has 3 rings (SSSR count). The summed E-state index contributed by atoms with van der Waals surface area (Å²) in [6, 6.07) is 8.22. The van der Waals surface area contributed by atoms with Gasteiger partial charge >= 0.3 is 11.9 Å². The molecule has 0 N–H and O–H groups in total. The molecule has 0 spiro atoms. The highest BCUT2D eigenvalue weighted by molar-refractivity contribution is 8.26. The number of thioether (sulfide) groups is 1. The largest absolute Gasteiger partial charge is 0.450 e. The Morgan fingerprint density at radius 3 is 2.38 bits per heavy atom. The molecule has 2 aromatic carbocycles. The number of nitrogens with zero attached hydrogens (tertiary/aromatic N) is 2. The molecule has 0 aliphatic carbocycles. The minimum absolute atomic E-state index is 0.188. The predicted octanol–water partition coefficient (Wildman–Crippen LogP) is 5.24. The summed E-state index contributed by atoms with van der Waals surface area (Å²) in [7, 11) is 1.58. The summed E-state index contributed by atoms with van der Waals surface area (Å²) < 4.78 is 44.1. The second-order valence-corrected chi connectivity index (χ2v) is 7.52. The van der Waals surface area contributed by atoms with Gasteiger partial charge in [0.15, 0.2) is 0 Å². The Morgan fingerprint density at radius 2 is 1.86 bits per heavy atom.